The molecule has 0 aliphatic heterocycles. The van der Waals surface area contributed by atoms with Crippen LogP contribution in [0.25, 0.3) is 10.2 Å². The number of thiophene rings is 1. The summed E-state index contributed by atoms with van der Waals surface area (Å²) >= 11 is 1.64. The van der Waals surface area contributed by atoms with Gasteiger partial charge in [0.2, 0.25) is 0 Å². The smallest absolute Gasteiger partial charge is 0.262 e. The summed E-state index contributed by atoms with van der Waals surface area (Å²) in [6, 6.07) is 14.8. The quantitative estimate of drug-likeness (QED) is 0.443. The molecule has 5 rings (SSSR count). The third kappa shape index (κ3) is 4.56. The van der Waals surface area contributed by atoms with Crippen LogP contribution in [0.5, 0.6) is 5.75 Å². The zero-order chi connectivity index (χ0) is 22.8. The van der Waals surface area contributed by atoms with Gasteiger partial charge in [-0.1, -0.05) is 30.3 Å². The van der Waals surface area contributed by atoms with Crippen LogP contribution >= 0.6 is 11.3 Å². The van der Waals surface area contributed by atoms with Gasteiger partial charge in [0.15, 0.2) is 0 Å². The molecule has 7 heteroatoms. The second kappa shape index (κ2) is 9.45. The molecule has 1 aliphatic rings. The van der Waals surface area contributed by atoms with E-state index in [-0.39, 0.29) is 11.4 Å². The Labute approximate surface area is 195 Å². The minimum atomic E-state index is -0.202. The van der Waals surface area contributed by atoms with Crippen molar-refractivity contribution < 1.29 is 9.13 Å². The first-order valence-corrected chi connectivity index (χ1v) is 12.0. The van der Waals surface area contributed by atoms with E-state index in [2.05, 4.69) is 10.3 Å². The summed E-state index contributed by atoms with van der Waals surface area (Å²) in [6.07, 6.45) is 5.29. The van der Waals surface area contributed by atoms with Crippen LogP contribution < -0.4 is 15.6 Å². The number of methoxy groups -OCH3 is 1. The number of ether oxygens (including phenoxy) is 1. The number of nitrogens with zero attached hydrogens (tertiary/aromatic N) is 2. The van der Waals surface area contributed by atoms with Gasteiger partial charge in [0.25, 0.3) is 5.56 Å². The molecule has 0 saturated carbocycles. The molecule has 33 heavy (non-hydrogen) atoms. The first kappa shape index (κ1) is 21.8. The van der Waals surface area contributed by atoms with Crippen molar-refractivity contribution in [3.63, 3.8) is 0 Å². The standard InChI is InChI=1S/C26H26FN3O2S/c1-32-22-5-3-2-4-18(22)15-30-16-29-25-24(26(30)31)21-11-10-20(14-23(21)33-25)28-13-12-17-6-8-19(27)9-7-17/h2-9,16,20,28H,10-15H2,1H3/t20-/m0/s1. The van der Waals surface area contributed by atoms with Crippen LogP contribution in [0.2, 0.25) is 0 Å². The molecular weight excluding hydrogens is 437 g/mol. The second-order valence-electron chi connectivity index (χ2n) is 8.44. The first-order valence-electron chi connectivity index (χ1n) is 11.2. The fourth-order valence-corrected chi connectivity index (χ4v) is 5.83. The topological polar surface area (TPSA) is 56.2 Å². The number of hydrogen-bond acceptors (Lipinski definition) is 5. The first-order chi connectivity index (χ1) is 16.1. The molecule has 2 heterocycles. The number of hydrogen-bond donors (Lipinski definition) is 1. The van der Waals surface area contributed by atoms with Crippen LogP contribution in [0.15, 0.2) is 59.7 Å². The van der Waals surface area contributed by atoms with E-state index in [0.29, 0.717) is 12.6 Å². The Morgan fingerprint density at radius 2 is 2.03 bits per heavy atom. The predicted octanol–water partition coefficient (Wildman–Crippen LogP) is 4.34. The molecule has 2 aromatic heterocycles. The largest absolute Gasteiger partial charge is 0.496 e. The van der Waals surface area contributed by atoms with Gasteiger partial charge in [-0.3, -0.25) is 9.36 Å². The van der Waals surface area contributed by atoms with E-state index in [4.69, 9.17) is 4.74 Å². The van der Waals surface area contributed by atoms with Gasteiger partial charge < -0.3 is 10.1 Å². The highest BCUT2D eigenvalue weighted by Gasteiger charge is 2.25. The number of aromatic nitrogens is 2. The molecule has 0 fully saturated rings. The highest BCUT2D eigenvalue weighted by atomic mass is 32.1. The van der Waals surface area contributed by atoms with Crippen LogP contribution in [0.4, 0.5) is 4.39 Å². The molecule has 2 aromatic carbocycles. The fraction of sp³-hybridized carbons (Fsp3) is 0.308. The van der Waals surface area contributed by atoms with E-state index < -0.39 is 0 Å². The van der Waals surface area contributed by atoms with Gasteiger partial charge >= 0.3 is 0 Å². The normalized spacial score (nSPS) is 15.5. The third-order valence-electron chi connectivity index (χ3n) is 6.33. The molecule has 1 atom stereocenters. The van der Waals surface area contributed by atoms with Crippen molar-refractivity contribution in [2.45, 2.75) is 38.3 Å². The van der Waals surface area contributed by atoms with Crippen molar-refractivity contribution in [2.75, 3.05) is 13.7 Å². The summed E-state index contributed by atoms with van der Waals surface area (Å²) in [7, 11) is 1.64. The van der Waals surface area contributed by atoms with Gasteiger partial charge in [-0.25, -0.2) is 9.37 Å². The highest BCUT2D eigenvalue weighted by molar-refractivity contribution is 7.18. The zero-order valence-electron chi connectivity index (χ0n) is 18.5. The van der Waals surface area contributed by atoms with Gasteiger partial charge in [0.1, 0.15) is 16.4 Å². The van der Waals surface area contributed by atoms with Crippen molar-refractivity contribution >= 4 is 21.6 Å². The number of fused-ring (bicyclic) bond motifs is 3. The second-order valence-corrected chi connectivity index (χ2v) is 9.53. The lowest BCUT2D eigenvalue weighted by molar-refractivity contribution is 0.408. The van der Waals surface area contributed by atoms with E-state index in [0.717, 1.165) is 59.3 Å². The summed E-state index contributed by atoms with van der Waals surface area (Å²) in [5.41, 5.74) is 3.27. The van der Waals surface area contributed by atoms with Crippen LogP contribution in [0.1, 0.15) is 28.0 Å². The van der Waals surface area contributed by atoms with Gasteiger partial charge in [-0.05, 0) is 61.6 Å². The van der Waals surface area contributed by atoms with Crippen molar-refractivity contribution in [1.29, 1.82) is 0 Å². The average molecular weight is 464 g/mol. The maximum absolute atomic E-state index is 13.3. The van der Waals surface area contributed by atoms with Gasteiger partial charge in [0, 0.05) is 16.5 Å². The van der Waals surface area contributed by atoms with Gasteiger partial charge in [-0.15, -0.1) is 11.3 Å². The summed E-state index contributed by atoms with van der Waals surface area (Å²) in [6.45, 7) is 1.28. The van der Waals surface area contributed by atoms with Crippen molar-refractivity contribution in [2.24, 2.45) is 0 Å². The van der Waals surface area contributed by atoms with Crippen LogP contribution in [0, 0.1) is 5.82 Å². The molecule has 170 valence electrons. The highest BCUT2D eigenvalue weighted by Crippen LogP contribution is 2.33. The lowest BCUT2D eigenvalue weighted by Gasteiger charge is -2.23. The van der Waals surface area contributed by atoms with Crippen molar-refractivity contribution in [3.8, 4) is 5.75 Å². The number of aryl methyl sites for hydroxylation is 1. The summed E-state index contributed by atoms with van der Waals surface area (Å²) in [4.78, 5) is 20.1. The summed E-state index contributed by atoms with van der Waals surface area (Å²) in [5, 5.41) is 4.41. The Hall–Kier alpha value is -3.03. The van der Waals surface area contributed by atoms with E-state index in [1.54, 1.807) is 29.3 Å². The zero-order valence-corrected chi connectivity index (χ0v) is 19.3. The SMILES string of the molecule is COc1ccccc1Cn1cnc2sc3c(c2c1=O)CC[C@H](NCCc1ccc(F)cc1)C3. The Bertz CT molecular complexity index is 1330. The molecule has 1 N–H and O–H groups in total. The van der Waals surface area contributed by atoms with Crippen LogP contribution in [-0.2, 0) is 25.8 Å². The Morgan fingerprint density at radius 1 is 1.21 bits per heavy atom. The molecule has 0 spiro atoms. The number of rotatable bonds is 7. The number of halogens is 1. The lowest BCUT2D eigenvalue weighted by Crippen LogP contribution is -2.35. The Balaban J connectivity index is 1.31. The minimum Gasteiger partial charge on any atom is -0.496 e. The number of para-hydroxylation sites is 1. The van der Waals surface area contributed by atoms with E-state index in [9.17, 15) is 9.18 Å². The van der Waals surface area contributed by atoms with E-state index in [1.165, 1.54) is 22.6 Å². The molecule has 0 radical (unpaired) electrons. The molecule has 0 saturated heterocycles. The Morgan fingerprint density at radius 3 is 2.85 bits per heavy atom. The lowest BCUT2D eigenvalue weighted by atomic mass is 9.93. The molecule has 0 bridgehead atoms. The third-order valence-corrected chi connectivity index (χ3v) is 7.49. The monoisotopic (exact) mass is 463 g/mol. The fourth-order valence-electron chi connectivity index (χ4n) is 4.58. The maximum atomic E-state index is 13.3. The summed E-state index contributed by atoms with van der Waals surface area (Å²) < 4.78 is 20.2. The van der Waals surface area contributed by atoms with E-state index >= 15 is 0 Å². The van der Waals surface area contributed by atoms with Crippen LogP contribution in [0.3, 0.4) is 0 Å². The number of benzene rings is 2. The number of nitrogens with one attached hydrogen (secondary N) is 1. The molecule has 1 aliphatic carbocycles. The predicted molar refractivity (Wildman–Crippen MR) is 130 cm³/mol. The maximum Gasteiger partial charge on any atom is 0.262 e. The van der Waals surface area contributed by atoms with Crippen molar-refractivity contribution in [3.05, 3.63) is 92.6 Å². The van der Waals surface area contributed by atoms with Crippen LogP contribution in [-0.4, -0.2) is 29.2 Å². The van der Waals surface area contributed by atoms with Crippen molar-refractivity contribution in [1.82, 2.24) is 14.9 Å². The van der Waals surface area contributed by atoms with Gasteiger partial charge in [0.05, 0.1) is 25.4 Å². The van der Waals surface area contributed by atoms with E-state index in [1.807, 2.05) is 36.4 Å². The minimum absolute atomic E-state index is 0.0196. The molecular formula is C26H26FN3O2S. The summed E-state index contributed by atoms with van der Waals surface area (Å²) in [5.74, 6) is 0.568. The molecule has 0 amide bonds. The molecule has 5 nitrogen and oxygen atoms in total. The Kier molecular flexibility index (Phi) is 6.24. The average Bonchev–Trinajstić information content (AvgIpc) is 3.21. The van der Waals surface area contributed by atoms with Gasteiger partial charge in [-0.2, -0.15) is 0 Å². The molecule has 0 unspecified atom stereocenters. The molecule has 4 aromatic rings.